The van der Waals surface area contributed by atoms with Crippen molar-refractivity contribution in [2.75, 3.05) is 6.54 Å². The SMILES string of the molecule is CC1c2nnc(C(F)(F)F)n2CCN1C(=O)c1cccs1. The van der Waals surface area contributed by atoms with Gasteiger partial charge in [-0.3, -0.25) is 4.79 Å². The lowest BCUT2D eigenvalue weighted by Gasteiger charge is -2.33. The van der Waals surface area contributed by atoms with E-state index in [1.807, 2.05) is 0 Å². The topological polar surface area (TPSA) is 51.0 Å². The molecule has 0 fully saturated rings. The summed E-state index contributed by atoms with van der Waals surface area (Å²) in [5, 5.41) is 8.63. The first-order valence-electron chi connectivity index (χ1n) is 6.24. The number of halogens is 3. The number of hydrogen-bond acceptors (Lipinski definition) is 4. The quantitative estimate of drug-likeness (QED) is 0.812. The van der Waals surface area contributed by atoms with Gasteiger partial charge in [0.25, 0.3) is 5.91 Å². The summed E-state index contributed by atoms with van der Waals surface area (Å²) in [6.45, 7) is 1.90. The van der Waals surface area contributed by atoms with Crippen LogP contribution in [0.5, 0.6) is 0 Å². The van der Waals surface area contributed by atoms with Crippen molar-refractivity contribution in [3.63, 3.8) is 0 Å². The molecule has 2 aromatic rings. The van der Waals surface area contributed by atoms with Crippen LogP contribution < -0.4 is 0 Å². The molecule has 0 saturated heterocycles. The molecule has 5 nitrogen and oxygen atoms in total. The highest BCUT2D eigenvalue weighted by atomic mass is 32.1. The molecule has 0 aliphatic carbocycles. The summed E-state index contributed by atoms with van der Waals surface area (Å²) in [5.74, 6) is -1.04. The van der Waals surface area contributed by atoms with Gasteiger partial charge in [-0.05, 0) is 18.4 Å². The molecular weight excluding hydrogens is 305 g/mol. The van der Waals surface area contributed by atoms with E-state index in [4.69, 9.17) is 0 Å². The molecule has 9 heteroatoms. The largest absolute Gasteiger partial charge is 0.451 e. The fraction of sp³-hybridized carbons (Fsp3) is 0.417. The molecule has 3 rings (SSSR count). The zero-order valence-corrected chi connectivity index (χ0v) is 11.8. The molecule has 1 unspecified atom stereocenters. The van der Waals surface area contributed by atoms with Gasteiger partial charge in [0.2, 0.25) is 5.82 Å². The Hall–Kier alpha value is -1.90. The second-order valence-electron chi connectivity index (χ2n) is 4.68. The Labute approximate surface area is 122 Å². The van der Waals surface area contributed by atoms with Crippen molar-refractivity contribution in [2.24, 2.45) is 0 Å². The standard InChI is InChI=1S/C12H11F3N4OS/c1-7-9-16-17-11(12(13,14)15)19(9)5-4-18(7)10(20)8-3-2-6-21-8/h2-3,6-7H,4-5H2,1H3. The van der Waals surface area contributed by atoms with E-state index < -0.39 is 18.0 Å². The zero-order valence-electron chi connectivity index (χ0n) is 11.0. The van der Waals surface area contributed by atoms with E-state index in [1.165, 1.54) is 16.2 Å². The predicted molar refractivity (Wildman–Crippen MR) is 68.8 cm³/mol. The van der Waals surface area contributed by atoms with Gasteiger partial charge in [0, 0.05) is 13.1 Å². The van der Waals surface area contributed by atoms with Gasteiger partial charge >= 0.3 is 6.18 Å². The third kappa shape index (κ3) is 2.31. The number of carbonyl (C=O) groups excluding carboxylic acids is 1. The van der Waals surface area contributed by atoms with Gasteiger partial charge in [-0.25, -0.2) is 0 Å². The lowest BCUT2D eigenvalue weighted by Crippen LogP contribution is -2.41. The molecule has 21 heavy (non-hydrogen) atoms. The van der Waals surface area contributed by atoms with Crippen LogP contribution in [-0.4, -0.2) is 32.1 Å². The van der Waals surface area contributed by atoms with Crippen molar-refractivity contribution in [3.05, 3.63) is 34.0 Å². The van der Waals surface area contributed by atoms with E-state index in [-0.39, 0.29) is 24.8 Å². The van der Waals surface area contributed by atoms with E-state index >= 15 is 0 Å². The molecule has 0 radical (unpaired) electrons. The van der Waals surface area contributed by atoms with Gasteiger partial charge < -0.3 is 9.47 Å². The second kappa shape index (κ2) is 4.83. The maximum absolute atomic E-state index is 12.8. The number of aromatic nitrogens is 3. The monoisotopic (exact) mass is 316 g/mol. The molecule has 112 valence electrons. The van der Waals surface area contributed by atoms with Crippen molar-refractivity contribution in [1.29, 1.82) is 0 Å². The number of fused-ring (bicyclic) bond motifs is 1. The summed E-state index contributed by atoms with van der Waals surface area (Å²) >= 11 is 1.30. The van der Waals surface area contributed by atoms with E-state index in [0.717, 1.165) is 4.57 Å². The fourth-order valence-electron chi connectivity index (χ4n) is 2.41. The van der Waals surface area contributed by atoms with Crippen LogP contribution >= 0.6 is 11.3 Å². The van der Waals surface area contributed by atoms with Gasteiger partial charge in [0.05, 0.1) is 10.9 Å². The highest BCUT2D eigenvalue weighted by molar-refractivity contribution is 7.12. The van der Waals surface area contributed by atoms with Crippen LogP contribution in [0.4, 0.5) is 13.2 Å². The van der Waals surface area contributed by atoms with Crippen LogP contribution in [0.3, 0.4) is 0 Å². The lowest BCUT2D eigenvalue weighted by molar-refractivity contribution is -0.148. The maximum atomic E-state index is 12.8. The zero-order chi connectivity index (χ0) is 15.2. The lowest BCUT2D eigenvalue weighted by atomic mass is 10.2. The van der Waals surface area contributed by atoms with E-state index in [9.17, 15) is 18.0 Å². The number of rotatable bonds is 1. The minimum Gasteiger partial charge on any atom is -0.326 e. The first kappa shape index (κ1) is 14.1. The van der Waals surface area contributed by atoms with Crippen LogP contribution in [0.2, 0.25) is 0 Å². The van der Waals surface area contributed by atoms with Crippen LogP contribution in [0.25, 0.3) is 0 Å². The van der Waals surface area contributed by atoms with Gasteiger partial charge in [-0.2, -0.15) is 13.2 Å². The number of nitrogens with zero attached hydrogens (tertiary/aromatic N) is 4. The normalized spacial score (nSPS) is 18.7. The second-order valence-corrected chi connectivity index (χ2v) is 5.63. The molecule has 0 bridgehead atoms. The van der Waals surface area contributed by atoms with Crippen molar-refractivity contribution < 1.29 is 18.0 Å². The average molecular weight is 316 g/mol. The third-order valence-corrected chi connectivity index (χ3v) is 4.29. The molecule has 3 heterocycles. The summed E-state index contributed by atoms with van der Waals surface area (Å²) < 4.78 is 39.5. The number of thiophene rings is 1. The first-order valence-corrected chi connectivity index (χ1v) is 7.12. The molecule has 2 aromatic heterocycles. The number of carbonyl (C=O) groups is 1. The summed E-state index contributed by atoms with van der Waals surface area (Å²) in [7, 11) is 0. The molecule has 1 aliphatic rings. The Kier molecular flexibility index (Phi) is 3.23. The molecule has 0 aromatic carbocycles. The predicted octanol–water partition coefficient (Wildman–Crippen LogP) is 2.58. The average Bonchev–Trinajstić information content (AvgIpc) is 3.07. The Balaban J connectivity index is 1.92. The number of alkyl halides is 3. The minimum absolute atomic E-state index is 0.0403. The van der Waals surface area contributed by atoms with E-state index in [1.54, 1.807) is 24.4 Å². The highest BCUT2D eigenvalue weighted by Crippen LogP contribution is 2.33. The molecule has 0 spiro atoms. The van der Waals surface area contributed by atoms with Gasteiger partial charge in [0.15, 0.2) is 5.82 Å². The first-order chi connectivity index (χ1) is 9.89. The van der Waals surface area contributed by atoms with E-state index in [0.29, 0.717) is 4.88 Å². The van der Waals surface area contributed by atoms with Crippen molar-refractivity contribution in [2.45, 2.75) is 25.7 Å². The van der Waals surface area contributed by atoms with Gasteiger partial charge in [-0.15, -0.1) is 21.5 Å². The fourth-order valence-corrected chi connectivity index (χ4v) is 3.09. The van der Waals surface area contributed by atoms with Crippen molar-refractivity contribution in [1.82, 2.24) is 19.7 Å². The summed E-state index contributed by atoms with van der Waals surface area (Å²) in [6, 6.07) is 2.91. The van der Waals surface area contributed by atoms with E-state index in [2.05, 4.69) is 10.2 Å². The minimum atomic E-state index is -4.54. The molecule has 1 atom stereocenters. The highest BCUT2D eigenvalue weighted by Gasteiger charge is 2.41. The van der Waals surface area contributed by atoms with Gasteiger partial charge in [-0.1, -0.05) is 6.07 Å². The van der Waals surface area contributed by atoms with Crippen molar-refractivity contribution >= 4 is 17.2 Å². The Morgan fingerprint density at radius 3 is 2.76 bits per heavy atom. The number of hydrogen-bond donors (Lipinski definition) is 0. The van der Waals surface area contributed by atoms with Crippen LogP contribution in [-0.2, 0) is 12.7 Å². The molecule has 0 N–H and O–H groups in total. The Morgan fingerprint density at radius 2 is 2.14 bits per heavy atom. The summed E-state index contributed by atoms with van der Waals surface area (Å²) in [5.41, 5.74) is 0. The van der Waals surface area contributed by atoms with Crippen LogP contribution in [0.15, 0.2) is 17.5 Å². The molecular formula is C12H11F3N4OS. The smallest absolute Gasteiger partial charge is 0.326 e. The Bertz CT molecular complexity index is 665. The van der Waals surface area contributed by atoms with Gasteiger partial charge in [0.1, 0.15) is 0 Å². The van der Waals surface area contributed by atoms with Crippen LogP contribution in [0, 0.1) is 0 Å². The summed E-state index contributed by atoms with van der Waals surface area (Å²) in [4.78, 5) is 14.4. The van der Waals surface area contributed by atoms with Crippen molar-refractivity contribution in [3.8, 4) is 0 Å². The maximum Gasteiger partial charge on any atom is 0.451 e. The molecule has 1 amide bonds. The summed E-state index contributed by atoms with van der Waals surface area (Å²) in [6.07, 6.45) is -4.54. The molecule has 1 aliphatic heterocycles. The van der Waals surface area contributed by atoms with Crippen LogP contribution in [0.1, 0.15) is 34.3 Å². The Morgan fingerprint density at radius 1 is 1.38 bits per heavy atom. The third-order valence-electron chi connectivity index (χ3n) is 3.43. The number of amides is 1. The molecule has 0 saturated carbocycles.